The molecule has 9 heteroatoms. The second kappa shape index (κ2) is 10.6. The average Bonchev–Trinajstić information content (AvgIpc) is 2.82. The van der Waals surface area contributed by atoms with Gasteiger partial charge in [0.25, 0.3) is 0 Å². The van der Waals surface area contributed by atoms with Gasteiger partial charge in [-0.2, -0.15) is 0 Å². The lowest BCUT2D eigenvalue weighted by molar-refractivity contribution is -0.114. The Balaban J connectivity index is 1.71. The minimum atomic E-state index is -0.626. The van der Waals surface area contributed by atoms with E-state index < -0.39 is 5.82 Å². The Labute approximate surface area is 198 Å². The lowest BCUT2D eigenvalue weighted by atomic mass is 9.73. The highest BCUT2D eigenvalue weighted by molar-refractivity contribution is 6.25. The van der Waals surface area contributed by atoms with Gasteiger partial charge in [-0.3, -0.25) is 4.79 Å². The third-order valence-electron chi connectivity index (χ3n) is 6.85. The number of nitrogens with two attached hydrogens (primary N) is 1. The number of aryl methyl sites for hydroxylation is 1. The molecule has 0 aliphatic heterocycles. The van der Waals surface area contributed by atoms with Crippen molar-refractivity contribution < 1.29 is 23.8 Å². The average molecular weight is 471 g/mol. The first-order valence-corrected chi connectivity index (χ1v) is 11.7. The number of allylic oxidation sites excluding steroid dienone is 1. The number of anilines is 1. The molecular weight excluding hydrogens is 439 g/mol. The Morgan fingerprint density at radius 1 is 1.21 bits per heavy atom. The maximum absolute atomic E-state index is 14.4. The van der Waals surface area contributed by atoms with Gasteiger partial charge >= 0.3 is 0 Å². The Bertz CT molecular complexity index is 1080. The van der Waals surface area contributed by atoms with Gasteiger partial charge in [0.15, 0.2) is 11.6 Å². The molecule has 2 aromatic rings. The van der Waals surface area contributed by atoms with E-state index in [1.165, 1.54) is 19.4 Å². The third kappa shape index (κ3) is 5.10. The van der Waals surface area contributed by atoms with Crippen LogP contribution in [-0.2, 0) is 9.53 Å². The number of halogens is 1. The second-order valence-electron chi connectivity index (χ2n) is 8.94. The molecule has 0 bridgehead atoms. The maximum Gasteiger partial charge on any atom is 0.250 e. The number of aromatic nitrogens is 3. The molecule has 2 heterocycles. The summed E-state index contributed by atoms with van der Waals surface area (Å²) in [6, 6.07) is 1.27. The number of ether oxygens (including phenoxy) is 2. The van der Waals surface area contributed by atoms with Gasteiger partial charge in [-0.15, -0.1) is 0 Å². The van der Waals surface area contributed by atoms with E-state index in [1.807, 2.05) is 6.92 Å². The van der Waals surface area contributed by atoms with Gasteiger partial charge in [-0.25, -0.2) is 19.3 Å². The van der Waals surface area contributed by atoms with Crippen LogP contribution in [0.25, 0.3) is 11.6 Å². The largest absolute Gasteiger partial charge is 0.479 e. The molecule has 1 saturated carbocycles. The molecule has 8 nitrogen and oxygen atoms in total. The van der Waals surface area contributed by atoms with Crippen molar-refractivity contribution in [3.8, 4) is 5.88 Å². The lowest BCUT2D eigenvalue weighted by Gasteiger charge is -2.35. The zero-order valence-electron chi connectivity index (χ0n) is 19.6. The molecule has 0 radical (unpaired) electrons. The summed E-state index contributed by atoms with van der Waals surface area (Å²) in [4.78, 5) is 26.2. The fourth-order valence-electron chi connectivity index (χ4n) is 5.17. The highest BCUT2D eigenvalue weighted by atomic mass is 19.1. The van der Waals surface area contributed by atoms with Crippen LogP contribution in [0.5, 0.6) is 5.88 Å². The molecule has 0 amide bonds. The molecule has 0 spiro atoms. The summed E-state index contributed by atoms with van der Waals surface area (Å²) in [5.74, 6) is -0.207. The molecule has 1 fully saturated rings. The summed E-state index contributed by atoms with van der Waals surface area (Å²) in [6.45, 7) is 2.23. The van der Waals surface area contributed by atoms with Gasteiger partial charge in [-0.1, -0.05) is 0 Å². The van der Waals surface area contributed by atoms with Crippen LogP contribution in [-0.4, -0.2) is 52.3 Å². The summed E-state index contributed by atoms with van der Waals surface area (Å²) in [5.41, 5.74) is 9.10. The van der Waals surface area contributed by atoms with Crippen molar-refractivity contribution in [2.24, 2.45) is 5.92 Å². The number of Topliss-reactive ketones (excluding diaryl/α,β-unsaturated/α-hetero) is 1. The van der Waals surface area contributed by atoms with E-state index in [4.69, 9.17) is 20.3 Å². The van der Waals surface area contributed by atoms with Gasteiger partial charge in [0.1, 0.15) is 0 Å². The smallest absolute Gasteiger partial charge is 0.250 e. The van der Waals surface area contributed by atoms with Crippen molar-refractivity contribution in [3.63, 3.8) is 0 Å². The number of hydrogen-bond donors (Lipinski definition) is 2. The van der Waals surface area contributed by atoms with E-state index in [1.54, 1.807) is 6.08 Å². The number of aliphatic hydroxyl groups excluding tert-OH is 1. The Morgan fingerprint density at radius 3 is 2.65 bits per heavy atom. The number of hydrogen-bond acceptors (Lipinski definition) is 8. The predicted molar refractivity (Wildman–Crippen MR) is 126 cm³/mol. The molecule has 2 aromatic heterocycles. The Hall–Kier alpha value is -2.91. The first-order valence-electron chi connectivity index (χ1n) is 11.7. The molecule has 4 rings (SSSR count). The summed E-state index contributed by atoms with van der Waals surface area (Å²) in [7, 11) is 1.35. The number of carbonyl (C=O) groups is 1. The summed E-state index contributed by atoms with van der Waals surface area (Å²) in [5, 5.41) is 9.02. The van der Waals surface area contributed by atoms with Gasteiger partial charge in [0, 0.05) is 35.2 Å². The van der Waals surface area contributed by atoms with E-state index in [0.717, 1.165) is 36.9 Å². The van der Waals surface area contributed by atoms with Crippen LogP contribution in [0, 0.1) is 18.7 Å². The number of aliphatic hydroxyl groups is 1. The fourth-order valence-corrected chi connectivity index (χ4v) is 5.17. The van der Waals surface area contributed by atoms with E-state index >= 15 is 0 Å². The third-order valence-corrected chi connectivity index (χ3v) is 6.85. The minimum absolute atomic E-state index is 0.0236. The molecule has 1 unspecified atom stereocenters. The summed E-state index contributed by atoms with van der Waals surface area (Å²) >= 11 is 0. The number of methoxy groups -OCH3 is 1. The number of nitrogens with zero attached hydrogens (tertiary/aromatic N) is 3. The number of rotatable bonds is 6. The standard InChI is InChI=1S/C25H31FN4O4/c1-14-19-12-20(16-11-21(26)24(33-2)28-13-16)22(32)8-7-18(23(19)30-25(27)29-14)15-3-5-17(6-4-15)34-10-9-31/h11-13,15,17-18,31H,3-10H2,1-2H3,(H2,27,29,30)/b20-12-. The van der Waals surface area contributed by atoms with Crippen molar-refractivity contribution in [3.05, 3.63) is 40.6 Å². The van der Waals surface area contributed by atoms with E-state index in [-0.39, 0.29) is 36.2 Å². The molecule has 1 atom stereocenters. The van der Waals surface area contributed by atoms with Crippen molar-refractivity contribution in [1.29, 1.82) is 0 Å². The Kier molecular flexibility index (Phi) is 7.53. The van der Waals surface area contributed by atoms with Gasteiger partial charge in [0.05, 0.1) is 37.8 Å². The van der Waals surface area contributed by atoms with Crippen LogP contribution >= 0.6 is 0 Å². The number of nitrogen functional groups attached to an aromatic ring is 1. The van der Waals surface area contributed by atoms with Crippen LogP contribution in [0.2, 0.25) is 0 Å². The van der Waals surface area contributed by atoms with Crippen LogP contribution in [0.15, 0.2) is 12.3 Å². The van der Waals surface area contributed by atoms with E-state index in [2.05, 4.69) is 15.0 Å². The van der Waals surface area contributed by atoms with Crippen LogP contribution in [0.3, 0.4) is 0 Å². The van der Waals surface area contributed by atoms with Gasteiger partial charge < -0.3 is 20.3 Å². The van der Waals surface area contributed by atoms with Crippen LogP contribution in [0.1, 0.15) is 67.0 Å². The fraction of sp³-hybridized carbons (Fsp3) is 0.520. The molecule has 2 aliphatic rings. The highest BCUT2D eigenvalue weighted by Gasteiger charge is 2.34. The first kappa shape index (κ1) is 24.2. The lowest BCUT2D eigenvalue weighted by Crippen LogP contribution is -2.28. The number of ketones is 1. The summed E-state index contributed by atoms with van der Waals surface area (Å²) < 4.78 is 25.0. The number of fused-ring (bicyclic) bond motifs is 1. The molecule has 0 saturated heterocycles. The number of pyridine rings is 1. The minimum Gasteiger partial charge on any atom is -0.479 e. The number of carbonyl (C=O) groups excluding carboxylic acids is 1. The maximum atomic E-state index is 14.4. The topological polar surface area (TPSA) is 120 Å². The SMILES string of the molecule is COc1ncc(/C2=C/c3c(C)nc(N)nc3C(C3CCC(OCCO)CC3)CCC2=O)cc1F. The predicted octanol–water partition coefficient (Wildman–Crippen LogP) is 3.46. The normalized spacial score (nSPS) is 24.5. The van der Waals surface area contributed by atoms with Crippen molar-refractivity contribution in [1.82, 2.24) is 15.0 Å². The monoisotopic (exact) mass is 470 g/mol. The summed E-state index contributed by atoms with van der Waals surface area (Å²) in [6.07, 6.45) is 8.00. The van der Waals surface area contributed by atoms with Crippen molar-refractivity contribution >= 4 is 23.4 Å². The molecule has 3 N–H and O–H groups in total. The van der Waals surface area contributed by atoms with Gasteiger partial charge in [0.2, 0.25) is 11.8 Å². The molecule has 2 aliphatic carbocycles. The highest BCUT2D eigenvalue weighted by Crippen LogP contribution is 2.43. The Morgan fingerprint density at radius 2 is 1.97 bits per heavy atom. The zero-order valence-corrected chi connectivity index (χ0v) is 19.6. The van der Waals surface area contributed by atoms with E-state index in [9.17, 15) is 9.18 Å². The van der Waals surface area contributed by atoms with Crippen LogP contribution < -0.4 is 10.5 Å². The second-order valence-corrected chi connectivity index (χ2v) is 8.94. The zero-order chi connectivity index (χ0) is 24.2. The quantitative estimate of drug-likeness (QED) is 0.659. The van der Waals surface area contributed by atoms with Crippen molar-refractivity contribution in [2.45, 2.75) is 57.5 Å². The molecular formula is C25H31FN4O4. The molecule has 0 aromatic carbocycles. The molecule has 182 valence electrons. The first-order chi connectivity index (χ1) is 16.4. The van der Waals surface area contributed by atoms with Crippen LogP contribution in [0.4, 0.5) is 10.3 Å². The van der Waals surface area contributed by atoms with Crippen molar-refractivity contribution in [2.75, 3.05) is 26.1 Å². The molecule has 34 heavy (non-hydrogen) atoms. The van der Waals surface area contributed by atoms with E-state index in [0.29, 0.717) is 42.2 Å². The van der Waals surface area contributed by atoms with Gasteiger partial charge in [-0.05, 0) is 57.1 Å².